The number of nitrogen functional groups attached to an aromatic ring is 1. The van der Waals surface area contributed by atoms with E-state index in [4.69, 9.17) is 19.9 Å². The lowest BCUT2D eigenvalue weighted by atomic mass is 9.87. The highest BCUT2D eigenvalue weighted by Gasteiger charge is 2.46. The van der Waals surface area contributed by atoms with Gasteiger partial charge in [-0.15, -0.1) is 0 Å². The SMILES string of the molecule is Nc1nc2cc(C3=NC=C4C(NC5CC(F)(F)C5)=COCC5=C4N3CC5)ccc2o1. The Bertz CT molecular complexity index is 1190. The van der Waals surface area contributed by atoms with E-state index < -0.39 is 5.92 Å². The van der Waals surface area contributed by atoms with Crippen LogP contribution in [-0.4, -0.2) is 40.8 Å². The van der Waals surface area contributed by atoms with Gasteiger partial charge in [-0.05, 0) is 30.2 Å². The van der Waals surface area contributed by atoms with Gasteiger partial charge in [0, 0.05) is 42.8 Å². The highest BCUT2D eigenvalue weighted by molar-refractivity contribution is 6.04. The van der Waals surface area contributed by atoms with E-state index in [-0.39, 0.29) is 24.9 Å². The molecule has 0 saturated heterocycles. The van der Waals surface area contributed by atoms with Crippen LogP contribution in [0.2, 0.25) is 0 Å². The molecule has 0 radical (unpaired) electrons. The first-order chi connectivity index (χ1) is 14.5. The summed E-state index contributed by atoms with van der Waals surface area (Å²) in [5, 5.41) is 3.22. The van der Waals surface area contributed by atoms with E-state index in [1.165, 1.54) is 5.57 Å². The summed E-state index contributed by atoms with van der Waals surface area (Å²) < 4.78 is 37.6. The number of hydrogen-bond acceptors (Lipinski definition) is 7. The molecule has 1 aliphatic carbocycles. The quantitative estimate of drug-likeness (QED) is 0.806. The van der Waals surface area contributed by atoms with Crippen molar-refractivity contribution in [2.24, 2.45) is 4.99 Å². The van der Waals surface area contributed by atoms with E-state index in [1.807, 2.05) is 18.2 Å². The number of rotatable bonds is 3. The first kappa shape index (κ1) is 17.5. The van der Waals surface area contributed by atoms with Crippen molar-refractivity contribution in [3.8, 4) is 0 Å². The van der Waals surface area contributed by atoms with Crippen LogP contribution in [0.3, 0.4) is 0 Å². The van der Waals surface area contributed by atoms with Crippen molar-refractivity contribution < 1.29 is 17.9 Å². The van der Waals surface area contributed by atoms with Gasteiger partial charge >= 0.3 is 0 Å². The van der Waals surface area contributed by atoms with Crippen LogP contribution in [0.4, 0.5) is 14.8 Å². The van der Waals surface area contributed by atoms with Gasteiger partial charge < -0.3 is 25.1 Å². The lowest BCUT2D eigenvalue weighted by Gasteiger charge is -2.37. The predicted octanol–water partition coefficient (Wildman–Crippen LogP) is 3.27. The van der Waals surface area contributed by atoms with Gasteiger partial charge in [-0.1, -0.05) is 0 Å². The Hall–Kier alpha value is -3.36. The molecule has 4 aliphatic rings. The number of alkyl halides is 2. The molecule has 0 amide bonds. The molecule has 0 spiro atoms. The van der Waals surface area contributed by atoms with Gasteiger partial charge in [0.25, 0.3) is 11.9 Å². The Balaban J connectivity index is 1.37. The zero-order valence-electron chi connectivity index (χ0n) is 16.0. The third-order valence-corrected chi connectivity index (χ3v) is 5.93. The third kappa shape index (κ3) is 2.68. The molecular formula is C21H19F2N5O2. The summed E-state index contributed by atoms with van der Waals surface area (Å²) in [5.41, 5.74) is 11.7. The van der Waals surface area contributed by atoms with E-state index >= 15 is 0 Å². The molecule has 3 aliphatic heterocycles. The second-order valence-corrected chi connectivity index (χ2v) is 8.03. The molecular weight excluding hydrogens is 392 g/mol. The fourth-order valence-corrected chi connectivity index (χ4v) is 4.51. The largest absolute Gasteiger partial charge is 0.495 e. The van der Waals surface area contributed by atoms with Crippen molar-refractivity contribution in [2.45, 2.75) is 31.2 Å². The number of ether oxygens (including phenoxy) is 1. The lowest BCUT2D eigenvalue weighted by Crippen LogP contribution is -2.48. The molecule has 6 rings (SSSR count). The molecule has 4 heterocycles. The molecule has 9 heteroatoms. The van der Waals surface area contributed by atoms with Gasteiger partial charge in [-0.2, -0.15) is 4.98 Å². The smallest absolute Gasteiger partial charge is 0.292 e. The summed E-state index contributed by atoms with van der Waals surface area (Å²) in [6.45, 7) is 1.25. The van der Waals surface area contributed by atoms with Crippen molar-refractivity contribution in [3.05, 3.63) is 58.8 Å². The highest BCUT2D eigenvalue weighted by Crippen LogP contribution is 2.41. The van der Waals surface area contributed by atoms with E-state index in [0.717, 1.165) is 35.6 Å². The lowest BCUT2D eigenvalue weighted by molar-refractivity contribution is -0.0905. The van der Waals surface area contributed by atoms with Gasteiger partial charge in [0.15, 0.2) is 5.58 Å². The minimum Gasteiger partial charge on any atom is -0.495 e. The Labute approximate surface area is 170 Å². The van der Waals surface area contributed by atoms with Gasteiger partial charge in [0.2, 0.25) is 0 Å². The maximum Gasteiger partial charge on any atom is 0.292 e. The monoisotopic (exact) mass is 411 g/mol. The number of amidine groups is 1. The topological polar surface area (TPSA) is 88.9 Å². The number of halogens is 2. The normalized spacial score (nSPS) is 22.6. The second kappa shape index (κ2) is 6.07. The molecule has 2 aromatic rings. The second-order valence-electron chi connectivity index (χ2n) is 8.03. The number of aromatic nitrogens is 1. The number of hydrogen-bond donors (Lipinski definition) is 2. The van der Waals surface area contributed by atoms with Crippen LogP contribution in [0, 0.1) is 0 Å². The third-order valence-electron chi connectivity index (χ3n) is 5.93. The molecule has 1 saturated carbocycles. The Morgan fingerprint density at radius 3 is 2.97 bits per heavy atom. The molecule has 30 heavy (non-hydrogen) atoms. The summed E-state index contributed by atoms with van der Waals surface area (Å²) in [5.74, 6) is -1.77. The summed E-state index contributed by atoms with van der Waals surface area (Å²) in [6, 6.07) is 5.54. The molecule has 7 nitrogen and oxygen atoms in total. The number of nitrogens with one attached hydrogen (secondary N) is 1. The van der Waals surface area contributed by atoms with E-state index in [1.54, 1.807) is 12.5 Å². The van der Waals surface area contributed by atoms with Gasteiger partial charge in [0.1, 0.15) is 24.2 Å². The zero-order valence-corrected chi connectivity index (χ0v) is 16.0. The number of benzene rings is 1. The highest BCUT2D eigenvalue weighted by atomic mass is 19.3. The Morgan fingerprint density at radius 1 is 1.27 bits per heavy atom. The van der Waals surface area contributed by atoms with Crippen molar-refractivity contribution in [3.63, 3.8) is 0 Å². The minimum absolute atomic E-state index is 0.129. The van der Waals surface area contributed by atoms with Crippen molar-refractivity contribution in [1.29, 1.82) is 0 Å². The van der Waals surface area contributed by atoms with Crippen LogP contribution in [0.15, 0.2) is 62.6 Å². The van der Waals surface area contributed by atoms with Gasteiger partial charge in [0.05, 0.1) is 11.4 Å². The van der Waals surface area contributed by atoms with Crippen LogP contribution in [0.25, 0.3) is 11.1 Å². The molecule has 0 bridgehead atoms. The molecule has 1 fully saturated rings. The summed E-state index contributed by atoms with van der Waals surface area (Å²) in [4.78, 5) is 11.1. The summed E-state index contributed by atoms with van der Waals surface area (Å²) in [6.07, 6.45) is 3.94. The molecule has 3 N–H and O–H groups in total. The average Bonchev–Trinajstić information content (AvgIpc) is 3.22. The maximum atomic E-state index is 13.3. The number of nitrogens with zero attached hydrogens (tertiary/aromatic N) is 3. The van der Waals surface area contributed by atoms with Crippen LogP contribution >= 0.6 is 0 Å². The molecule has 0 unspecified atom stereocenters. The van der Waals surface area contributed by atoms with Crippen molar-refractivity contribution in [2.75, 3.05) is 18.9 Å². The molecule has 154 valence electrons. The Morgan fingerprint density at radius 2 is 2.13 bits per heavy atom. The first-order valence-electron chi connectivity index (χ1n) is 9.88. The zero-order chi connectivity index (χ0) is 20.5. The van der Waals surface area contributed by atoms with Crippen LogP contribution in [0.5, 0.6) is 0 Å². The average molecular weight is 411 g/mol. The van der Waals surface area contributed by atoms with Crippen molar-refractivity contribution in [1.82, 2.24) is 15.2 Å². The van der Waals surface area contributed by atoms with Crippen LogP contribution in [-0.2, 0) is 4.74 Å². The minimum atomic E-state index is -2.58. The number of fused-ring (bicyclic) bond motifs is 1. The van der Waals surface area contributed by atoms with Crippen molar-refractivity contribution >= 4 is 22.9 Å². The maximum absolute atomic E-state index is 13.3. The molecule has 0 atom stereocenters. The van der Waals surface area contributed by atoms with Crippen LogP contribution < -0.4 is 11.1 Å². The number of nitrogens with two attached hydrogens (primary N) is 1. The van der Waals surface area contributed by atoms with E-state index in [2.05, 4.69) is 15.2 Å². The fraction of sp³-hybridized carbons (Fsp3) is 0.333. The van der Waals surface area contributed by atoms with E-state index in [0.29, 0.717) is 23.4 Å². The summed E-state index contributed by atoms with van der Waals surface area (Å²) >= 11 is 0. The van der Waals surface area contributed by atoms with Gasteiger partial charge in [-0.25, -0.2) is 13.8 Å². The van der Waals surface area contributed by atoms with Crippen LogP contribution in [0.1, 0.15) is 24.8 Å². The fourth-order valence-electron chi connectivity index (χ4n) is 4.51. The first-order valence-corrected chi connectivity index (χ1v) is 9.88. The van der Waals surface area contributed by atoms with E-state index in [9.17, 15) is 8.78 Å². The Kier molecular flexibility index (Phi) is 3.54. The standard InChI is InChI=1S/C21H19F2N5O2/c22-21(23)6-13(7-21)26-16-10-29-9-12-3-4-28-18(12)14(16)8-25-19(28)11-1-2-17-15(5-11)27-20(24)30-17/h1-2,5,8,10,13,26H,3-4,6-7,9H2,(H2,24,27). The molecule has 1 aromatic heterocycles. The summed E-state index contributed by atoms with van der Waals surface area (Å²) in [7, 11) is 0. The predicted molar refractivity (Wildman–Crippen MR) is 107 cm³/mol. The molecule has 1 aromatic carbocycles. The van der Waals surface area contributed by atoms with Gasteiger partial charge in [-0.3, -0.25) is 0 Å². The number of aliphatic imine (C=N–C) groups is 1. The number of anilines is 1. The number of oxazole rings is 1.